The number of carboxylic acid groups (broad SMARTS) is 1. The van der Waals surface area contributed by atoms with Gasteiger partial charge in [-0.05, 0) is 55.6 Å². The number of rotatable bonds is 3. The monoisotopic (exact) mass is 253 g/mol. The van der Waals surface area contributed by atoms with Crippen LogP contribution in [-0.2, 0) is 4.79 Å². The van der Waals surface area contributed by atoms with Gasteiger partial charge in [0.2, 0.25) is 0 Å². The maximum Gasteiger partial charge on any atom is 0.306 e. The summed E-state index contributed by atoms with van der Waals surface area (Å²) in [7, 11) is 0. The van der Waals surface area contributed by atoms with E-state index in [-0.39, 0.29) is 5.92 Å². The van der Waals surface area contributed by atoms with Crippen molar-refractivity contribution in [2.75, 3.05) is 6.54 Å². The number of thiophene rings is 1. The molecule has 17 heavy (non-hydrogen) atoms. The third kappa shape index (κ3) is 2.69. The first-order valence-electron chi connectivity index (χ1n) is 6.10. The zero-order chi connectivity index (χ0) is 12.4. The molecule has 0 aliphatic carbocycles. The van der Waals surface area contributed by atoms with Crippen LogP contribution in [0.1, 0.15) is 38.3 Å². The number of carbonyl (C=O) groups is 1. The summed E-state index contributed by atoms with van der Waals surface area (Å²) in [5, 5.41) is 13.3. The van der Waals surface area contributed by atoms with Crippen molar-refractivity contribution in [1.82, 2.24) is 4.90 Å². The molecule has 0 amide bonds. The lowest BCUT2D eigenvalue weighted by Crippen LogP contribution is -2.43. The molecule has 1 saturated heterocycles. The van der Waals surface area contributed by atoms with E-state index in [1.54, 1.807) is 11.3 Å². The van der Waals surface area contributed by atoms with Crippen LogP contribution in [0.25, 0.3) is 0 Å². The van der Waals surface area contributed by atoms with Gasteiger partial charge in [0.15, 0.2) is 0 Å². The summed E-state index contributed by atoms with van der Waals surface area (Å²) in [5.41, 5.74) is 1.34. The van der Waals surface area contributed by atoms with Crippen LogP contribution in [0.15, 0.2) is 16.8 Å². The summed E-state index contributed by atoms with van der Waals surface area (Å²) in [4.78, 5) is 13.4. The average molecular weight is 253 g/mol. The summed E-state index contributed by atoms with van der Waals surface area (Å²) in [6.45, 7) is 5.23. The molecule has 1 aromatic rings. The van der Waals surface area contributed by atoms with Crippen LogP contribution in [0, 0.1) is 5.92 Å². The third-order valence-corrected chi connectivity index (χ3v) is 4.50. The van der Waals surface area contributed by atoms with Gasteiger partial charge in [0.1, 0.15) is 0 Å². The first kappa shape index (κ1) is 12.6. The zero-order valence-electron chi connectivity index (χ0n) is 10.3. The number of likely N-dealkylation sites (tertiary alicyclic amines) is 1. The van der Waals surface area contributed by atoms with Gasteiger partial charge in [0, 0.05) is 12.1 Å². The van der Waals surface area contributed by atoms with E-state index in [0.717, 1.165) is 19.4 Å². The Bertz CT molecular complexity index is 377. The van der Waals surface area contributed by atoms with E-state index in [9.17, 15) is 4.79 Å². The molecule has 0 aromatic carbocycles. The van der Waals surface area contributed by atoms with Gasteiger partial charge in [-0.15, -0.1) is 0 Å². The van der Waals surface area contributed by atoms with E-state index < -0.39 is 5.97 Å². The van der Waals surface area contributed by atoms with E-state index in [1.165, 1.54) is 5.56 Å². The molecule has 1 aromatic heterocycles. The molecule has 3 atom stereocenters. The van der Waals surface area contributed by atoms with Crippen LogP contribution in [0.2, 0.25) is 0 Å². The Hall–Kier alpha value is -0.870. The molecule has 1 N–H and O–H groups in total. The van der Waals surface area contributed by atoms with Crippen molar-refractivity contribution in [3.63, 3.8) is 0 Å². The van der Waals surface area contributed by atoms with Crippen LogP contribution < -0.4 is 0 Å². The fourth-order valence-electron chi connectivity index (χ4n) is 2.69. The molecule has 0 bridgehead atoms. The van der Waals surface area contributed by atoms with E-state index in [2.05, 4.69) is 35.6 Å². The minimum atomic E-state index is -0.639. The molecule has 1 fully saturated rings. The van der Waals surface area contributed by atoms with Gasteiger partial charge in [0.25, 0.3) is 0 Å². The smallest absolute Gasteiger partial charge is 0.306 e. The zero-order valence-corrected chi connectivity index (χ0v) is 11.1. The van der Waals surface area contributed by atoms with Gasteiger partial charge in [-0.25, -0.2) is 0 Å². The molecule has 4 heteroatoms. The lowest BCUT2D eigenvalue weighted by Gasteiger charge is -2.40. The number of nitrogens with zero attached hydrogens (tertiary/aromatic N) is 1. The first-order valence-corrected chi connectivity index (χ1v) is 7.04. The Morgan fingerprint density at radius 2 is 2.41 bits per heavy atom. The largest absolute Gasteiger partial charge is 0.481 e. The highest BCUT2D eigenvalue weighted by molar-refractivity contribution is 7.07. The maximum absolute atomic E-state index is 11.0. The summed E-state index contributed by atoms with van der Waals surface area (Å²) < 4.78 is 0. The van der Waals surface area contributed by atoms with Crippen LogP contribution in [-0.4, -0.2) is 28.6 Å². The number of aliphatic carboxylic acids is 1. The van der Waals surface area contributed by atoms with E-state index in [4.69, 9.17) is 5.11 Å². The molecular formula is C13H19NO2S. The second kappa shape index (κ2) is 5.19. The number of piperidine rings is 1. The molecule has 1 aliphatic heterocycles. The minimum absolute atomic E-state index is 0.157. The molecule has 2 rings (SSSR count). The predicted molar refractivity (Wildman–Crippen MR) is 69.3 cm³/mol. The fraction of sp³-hybridized carbons (Fsp3) is 0.615. The highest BCUT2D eigenvalue weighted by Crippen LogP contribution is 2.31. The molecular weight excluding hydrogens is 234 g/mol. The van der Waals surface area contributed by atoms with Crippen molar-refractivity contribution in [1.29, 1.82) is 0 Å². The Kier molecular flexibility index (Phi) is 3.84. The summed E-state index contributed by atoms with van der Waals surface area (Å²) in [6.07, 6.45) is 1.54. The Morgan fingerprint density at radius 1 is 1.65 bits per heavy atom. The van der Waals surface area contributed by atoms with Crippen LogP contribution in [0.4, 0.5) is 0 Å². The van der Waals surface area contributed by atoms with Crippen LogP contribution in [0.5, 0.6) is 0 Å². The van der Waals surface area contributed by atoms with E-state index in [0.29, 0.717) is 12.1 Å². The maximum atomic E-state index is 11.0. The van der Waals surface area contributed by atoms with Crippen molar-refractivity contribution in [3.8, 4) is 0 Å². The standard InChI is InChI=1S/C13H19NO2S/c1-9-7-11(13(15)16)3-5-14(9)10(2)12-4-6-17-8-12/h4,6,8-11H,3,5,7H2,1-2H3,(H,15,16). The first-order chi connectivity index (χ1) is 8.09. The molecule has 0 spiro atoms. The number of hydrogen-bond acceptors (Lipinski definition) is 3. The lowest BCUT2D eigenvalue weighted by molar-refractivity contribution is -0.144. The highest BCUT2D eigenvalue weighted by atomic mass is 32.1. The quantitative estimate of drug-likeness (QED) is 0.900. The topological polar surface area (TPSA) is 40.5 Å². The highest BCUT2D eigenvalue weighted by Gasteiger charge is 2.32. The molecule has 3 unspecified atom stereocenters. The number of carboxylic acids is 1. The van der Waals surface area contributed by atoms with E-state index in [1.807, 2.05) is 0 Å². The molecule has 3 nitrogen and oxygen atoms in total. The molecule has 1 aliphatic rings. The molecule has 0 radical (unpaired) electrons. The normalized spacial score (nSPS) is 27.9. The summed E-state index contributed by atoms with van der Waals surface area (Å²) >= 11 is 1.72. The third-order valence-electron chi connectivity index (χ3n) is 3.80. The van der Waals surface area contributed by atoms with Gasteiger partial charge >= 0.3 is 5.97 Å². The fourth-order valence-corrected chi connectivity index (χ4v) is 3.44. The van der Waals surface area contributed by atoms with Gasteiger partial charge < -0.3 is 5.11 Å². The van der Waals surface area contributed by atoms with Crippen LogP contribution in [0.3, 0.4) is 0 Å². The SMILES string of the molecule is CC1CC(C(=O)O)CCN1C(C)c1ccsc1. The second-order valence-corrected chi connectivity index (χ2v) is 5.66. The van der Waals surface area contributed by atoms with Crippen molar-refractivity contribution >= 4 is 17.3 Å². The van der Waals surface area contributed by atoms with Crippen molar-refractivity contribution in [2.45, 2.75) is 38.8 Å². The lowest BCUT2D eigenvalue weighted by atomic mass is 9.90. The Labute approximate surface area is 106 Å². The van der Waals surface area contributed by atoms with Gasteiger partial charge in [-0.3, -0.25) is 9.69 Å². The second-order valence-electron chi connectivity index (χ2n) is 4.88. The molecule has 0 saturated carbocycles. The van der Waals surface area contributed by atoms with Gasteiger partial charge in [-0.2, -0.15) is 11.3 Å². The summed E-state index contributed by atoms with van der Waals surface area (Å²) in [6, 6.07) is 2.90. The minimum Gasteiger partial charge on any atom is -0.481 e. The summed E-state index contributed by atoms with van der Waals surface area (Å²) in [5.74, 6) is -0.796. The number of hydrogen-bond donors (Lipinski definition) is 1. The van der Waals surface area contributed by atoms with Gasteiger partial charge in [-0.1, -0.05) is 0 Å². The van der Waals surface area contributed by atoms with E-state index >= 15 is 0 Å². The van der Waals surface area contributed by atoms with Crippen molar-refractivity contribution in [2.24, 2.45) is 5.92 Å². The van der Waals surface area contributed by atoms with Crippen molar-refractivity contribution in [3.05, 3.63) is 22.4 Å². The average Bonchev–Trinajstić information content (AvgIpc) is 2.81. The van der Waals surface area contributed by atoms with Gasteiger partial charge in [0.05, 0.1) is 5.92 Å². The van der Waals surface area contributed by atoms with Crippen molar-refractivity contribution < 1.29 is 9.90 Å². The predicted octanol–water partition coefficient (Wildman–Crippen LogP) is 2.99. The molecule has 2 heterocycles. The Morgan fingerprint density at radius 3 is 2.94 bits per heavy atom. The Balaban J connectivity index is 2.02. The van der Waals surface area contributed by atoms with Crippen LogP contribution >= 0.6 is 11.3 Å². The molecule has 94 valence electrons.